The maximum absolute atomic E-state index is 11.2. The van der Waals surface area contributed by atoms with Crippen LogP contribution in [0.25, 0.3) is 0 Å². The Kier molecular flexibility index (Phi) is 2.82. The molecule has 1 N–H and O–H groups in total. The normalized spacial score (nSPS) is 22.2. The van der Waals surface area contributed by atoms with Crippen LogP contribution in [0.2, 0.25) is 0 Å². The van der Waals surface area contributed by atoms with Crippen molar-refractivity contribution in [3.63, 3.8) is 0 Å². The number of rotatable bonds is 1. The number of carbonyl (C=O) groups is 1. The van der Waals surface area contributed by atoms with Crippen LogP contribution in [0, 0.1) is 0 Å². The van der Waals surface area contributed by atoms with E-state index in [-0.39, 0.29) is 12.4 Å². The first-order valence-electron chi connectivity index (χ1n) is 4.13. The molecule has 0 aromatic heterocycles. The van der Waals surface area contributed by atoms with Crippen LogP contribution in [0.1, 0.15) is 26.7 Å². The minimum absolute atomic E-state index is 0.0650. The molecule has 0 spiro atoms. The van der Waals surface area contributed by atoms with Gasteiger partial charge < -0.3 is 5.11 Å². The summed E-state index contributed by atoms with van der Waals surface area (Å²) in [5.74, 6) is 0.184. The van der Waals surface area contributed by atoms with Gasteiger partial charge in [-0.1, -0.05) is 11.6 Å². The molecule has 12 heavy (non-hydrogen) atoms. The van der Waals surface area contributed by atoms with E-state index in [1.807, 2.05) is 19.9 Å². The molecule has 0 radical (unpaired) electrons. The highest BCUT2D eigenvalue weighted by Gasteiger charge is 2.14. The zero-order chi connectivity index (χ0) is 9.14. The number of allylic oxidation sites excluding steroid dienone is 3. The first kappa shape index (κ1) is 9.20. The molecule has 1 rings (SSSR count). The average molecular weight is 166 g/mol. The molecule has 0 aromatic carbocycles. The number of aliphatic hydroxyl groups is 1. The number of ketones is 1. The predicted molar refractivity (Wildman–Crippen MR) is 47.8 cm³/mol. The summed E-state index contributed by atoms with van der Waals surface area (Å²) in [6, 6.07) is 0. The molecule has 2 nitrogen and oxygen atoms in total. The van der Waals surface area contributed by atoms with Crippen molar-refractivity contribution >= 4 is 5.78 Å². The Morgan fingerprint density at radius 2 is 2.33 bits per heavy atom. The summed E-state index contributed by atoms with van der Waals surface area (Å²) in [5.41, 5.74) is 2.87. The zero-order valence-corrected chi connectivity index (χ0v) is 7.55. The van der Waals surface area contributed by atoms with E-state index in [4.69, 9.17) is 5.11 Å². The van der Waals surface area contributed by atoms with Gasteiger partial charge in [-0.25, -0.2) is 0 Å². The van der Waals surface area contributed by atoms with Gasteiger partial charge >= 0.3 is 0 Å². The van der Waals surface area contributed by atoms with E-state index in [1.165, 1.54) is 0 Å². The predicted octanol–water partition coefficient (Wildman–Crippen LogP) is 1.60. The second-order valence-corrected chi connectivity index (χ2v) is 3.23. The maximum Gasteiger partial charge on any atom is 0.162 e. The summed E-state index contributed by atoms with van der Waals surface area (Å²) in [6.45, 7) is 3.78. The first-order chi connectivity index (χ1) is 5.65. The van der Waals surface area contributed by atoms with Crippen molar-refractivity contribution in [2.45, 2.75) is 26.7 Å². The number of aliphatic hydroxyl groups excluding tert-OH is 1. The van der Waals surface area contributed by atoms with Gasteiger partial charge in [0.25, 0.3) is 0 Å². The van der Waals surface area contributed by atoms with Crippen molar-refractivity contribution < 1.29 is 9.90 Å². The minimum Gasteiger partial charge on any atom is -0.392 e. The first-order valence-corrected chi connectivity index (χ1v) is 4.13. The van der Waals surface area contributed by atoms with Crippen LogP contribution in [0.5, 0.6) is 0 Å². The molecule has 0 atom stereocenters. The van der Waals surface area contributed by atoms with Gasteiger partial charge in [-0.15, -0.1) is 0 Å². The van der Waals surface area contributed by atoms with Crippen LogP contribution in [0.4, 0.5) is 0 Å². The molecule has 0 saturated carbocycles. The lowest BCUT2D eigenvalue weighted by Crippen LogP contribution is -2.08. The summed E-state index contributed by atoms with van der Waals surface area (Å²) < 4.78 is 0. The SMILES string of the molecule is CC1=CC/C(=C(/C)CO)CC1=O. The smallest absolute Gasteiger partial charge is 0.162 e. The quantitative estimate of drug-likeness (QED) is 0.601. The van der Waals surface area contributed by atoms with Crippen molar-refractivity contribution in [3.05, 3.63) is 22.8 Å². The van der Waals surface area contributed by atoms with Crippen LogP contribution in [-0.4, -0.2) is 17.5 Å². The number of hydrogen-bond donors (Lipinski definition) is 1. The van der Waals surface area contributed by atoms with Gasteiger partial charge in [-0.3, -0.25) is 4.79 Å². The Morgan fingerprint density at radius 3 is 2.83 bits per heavy atom. The molecule has 0 aliphatic heterocycles. The lowest BCUT2D eigenvalue weighted by atomic mass is 9.91. The molecule has 0 amide bonds. The zero-order valence-electron chi connectivity index (χ0n) is 7.55. The van der Waals surface area contributed by atoms with Crippen LogP contribution in [0.15, 0.2) is 22.8 Å². The second kappa shape index (κ2) is 3.68. The largest absolute Gasteiger partial charge is 0.392 e. The Bertz CT molecular complexity index is 259. The summed E-state index contributed by atoms with van der Waals surface area (Å²) >= 11 is 0. The summed E-state index contributed by atoms with van der Waals surface area (Å²) in [6.07, 6.45) is 3.25. The highest BCUT2D eigenvalue weighted by atomic mass is 16.3. The van der Waals surface area contributed by atoms with E-state index < -0.39 is 0 Å². The van der Waals surface area contributed by atoms with E-state index in [0.717, 1.165) is 23.1 Å². The summed E-state index contributed by atoms with van der Waals surface area (Å²) in [4.78, 5) is 11.2. The lowest BCUT2D eigenvalue weighted by Gasteiger charge is -2.13. The molecule has 0 fully saturated rings. The fourth-order valence-electron chi connectivity index (χ4n) is 1.23. The van der Waals surface area contributed by atoms with Gasteiger partial charge in [-0.2, -0.15) is 0 Å². The molecule has 0 saturated heterocycles. The minimum atomic E-state index is 0.0650. The van der Waals surface area contributed by atoms with E-state index in [0.29, 0.717) is 6.42 Å². The molecular weight excluding hydrogens is 152 g/mol. The molecule has 0 aromatic rings. The topological polar surface area (TPSA) is 37.3 Å². The van der Waals surface area contributed by atoms with Gasteiger partial charge in [-0.05, 0) is 31.4 Å². The van der Waals surface area contributed by atoms with Gasteiger partial charge in [0, 0.05) is 6.42 Å². The van der Waals surface area contributed by atoms with Crippen molar-refractivity contribution in [2.75, 3.05) is 6.61 Å². The standard InChI is InChI=1S/C10H14O2/c1-7-3-4-9(5-10(7)12)8(2)6-11/h3,11H,4-6H2,1-2H3/b9-8+. The van der Waals surface area contributed by atoms with E-state index in [2.05, 4.69) is 0 Å². The number of hydrogen-bond acceptors (Lipinski definition) is 2. The molecule has 0 unspecified atom stereocenters. The Balaban J connectivity index is 2.84. The molecule has 66 valence electrons. The third kappa shape index (κ3) is 1.83. The fourth-order valence-corrected chi connectivity index (χ4v) is 1.23. The van der Waals surface area contributed by atoms with Gasteiger partial charge in [0.05, 0.1) is 6.61 Å². The van der Waals surface area contributed by atoms with Gasteiger partial charge in [0.2, 0.25) is 0 Å². The van der Waals surface area contributed by atoms with Gasteiger partial charge in [0.15, 0.2) is 5.78 Å². The van der Waals surface area contributed by atoms with Crippen molar-refractivity contribution in [3.8, 4) is 0 Å². The Labute approximate surface area is 72.6 Å². The van der Waals surface area contributed by atoms with Crippen molar-refractivity contribution in [1.82, 2.24) is 0 Å². The number of carbonyl (C=O) groups excluding carboxylic acids is 1. The Hall–Kier alpha value is -0.890. The van der Waals surface area contributed by atoms with E-state index >= 15 is 0 Å². The number of Topliss-reactive ketones (excluding diaryl/α,β-unsaturated/α-hetero) is 1. The van der Waals surface area contributed by atoms with Crippen LogP contribution in [0.3, 0.4) is 0 Å². The molecule has 1 aliphatic carbocycles. The van der Waals surface area contributed by atoms with Crippen molar-refractivity contribution in [1.29, 1.82) is 0 Å². The lowest BCUT2D eigenvalue weighted by molar-refractivity contribution is -0.115. The fraction of sp³-hybridized carbons (Fsp3) is 0.500. The summed E-state index contributed by atoms with van der Waals surface area (Å²) in [5, 5.41) is 8.85. The van der Waals surface area contributed by atoms with Crippen LogP contribution < -0.4 is 0 Å². The van der Waals surface area contributed by atoms with Gasteiger partial charge in [0.1, 0.15) is 0 Å². The highest BCUT2D eigenvalue weighted by molar-refractivity contribution is 5.97. The molecule has 1 aliphatic rings. The molecule has 2 heteroatoms. The maximum atomic E-state index is 11.2. The third-order valence-electron chi connectivity index (χ3n) is 2.31. The van der Waals surface area contributed by atoms with Crippen molar-refractivity contribution in [2.24, 2.45) is 0 Å². The summed E-state index contributed by atoms with van der Waals surface area (Å²) in [7, 11) is 0. The van der Waals surface area contributed by atoms with Crippen LogP contribution >= 0.6 is 0 Å². The second-order valence-electron chi connectivity index (χ2n) is 3.23. The molecule has 0 bridgehead atoms. The Morgan fingerprint density at radius 1 is 1.67 bits per heavy atom. The van der Waals surface area contributed by atoms with E-state index in [9.17, 15) is 4.79 Å². The third-order valence-corrected chi connectivity index (χ3v) is 2.31. The molecule has 0 heterocycles. The average Bonchev–Trinajstić information content (AvgIpc) is 2.08. The molecular formula is C10H14O2. The monoisotopic (exact) mass is 166 g/mol. The highest BCUT2D eigenvalue weighted by Crippen LogP contribution is 2.22. The van der Waals surface area contributed by atoms with E-state index in [1.54, 1.807) is 0 Å². The van der Waals surface area contributed by atoms with Crippen LogP contribution in [-0.2, 0) is 4.79 Å².